The first-order valence-electron chi connectivity index (χ1n) is 7.75. The molecule has 2 aromatic rings. The van der Waals surface area contributed by atoms with E-state index >= 15 is 0 Å². The summed E-state index contributed by atoms with van der Waals surface area (Å²) in [7, 11) is 0. The molecule has 2 N–H and O–H groups in total. The van der Waals surface area contributed by atoms with Gasteiger partial charge in [-0.25, -0.2) is 0 Å². The summed E-state index contributed by atoms with van der Waals surface area (Å²) < 4.78 is 0. The molecule has 0 bridgehead atoms. The van der Waals surface area contributed by atoms with Gasteiger partial charge in [0.1, 0.15) is 0 Å². The number of benzene rings is 2. The number of nitrogen functional groups attached to an aromatic ring is 1. The van der Waals surface area contributed by atoms with Crippen molar-refractivity contribution in [1.82, 2.24) is 0 Å². The molecule has 3 heteroatoms. The van der Waals surface area contributed by atoms with Crippen LogP contribution in [0.1, 0.15) is 63.6 Å². The van der Waals surface area contributed by atoms with Gasteiger partial charge in [0.2, 0.25) is 0 Å². The molecular formula is C20H17NO2. The lowest BCUT2D eigenvalue weighted by Crippen LogP contribution is -2.22. The molecule has 114 valence electrons. The Morgan fingerprint density at radius 1 is 0.957 bits per heavy atom. The number of fused-ring (bicyclic) bond motifs is 2. The van der Waals surface area contributed by atoms with Crippen LogP contribution in [0.25, 0.3) is 0 Å². The van der Waals surface area contributed by atoms with Crippen LogP contribution in [0.3, 0.4) is 0 Å². The predicted octanol–water partition coefficient (Wildman–Crippen LogP) is 3.59. The van der Waals surface area contributed by atoms with E-state index in [-0.39, 0.29) is 17.1 Å². The lowest BCUT2D eigenvalue weighted by atomic mass is 9.82. The number of ketones is 2. The molecule has 0 heterocycles. The molecule has 0 saturated heterocycles. The van der Waals surface area contributed by atoms with E-state index in [0.717, 1.165) is 19.3 Å². The van der Waals surface area contributed by atoms with Crippen molar-refractivity contribution in [2.45, 2.75) is 26.2 Å². The van der Waals surface area contributed by atoms with Crippen LogP contribution in [-0.2, 0) is 0 Å². The van der Waals surface area contributed by atoms with Crippen LogP contribution in [0.5, 0.6) is 0 Å². The zero-order chi connectivity index (χ0) is 16.4. The second-order valence-corrected chi connectivity index (χ2v) is 5.56. The largest absolute Gasteiger partial charge is 0.397 e. The Balaban J connectivity index is 2.09. The maximum atomic E-state index is 12.7. The van der Waals surface area contributed by atoms with E-state index in [1.807, 2.05) is 0 Å². The van der Waals surface area contributed by atoms with Crippen molar-refractivity contribution in [3.8, 4) is 11.8 Å². The summed E-state index contributed by atoms with van der Waals surface area (Å²) in [6.07, 6.45) is 2.91. The van der Waals surface area contributed by atoms with Crippen molar-refractivity contribution in [3.63, 3.8) is 0 Å². The summed E-state index contributed by atoms with van der Waals surface area (Å²) in [6, 6.07) is 10.2. The van der Waals surface area contributed by atoms with Gasteiger partial charge in [-0.2, -0.15) is 0 Å². The predicted molar refractivity (Wildman–Crippen MR) is 90.6 cm³/mol. The molecule has 0 unspecified atom stereocenters. The number of nitrogens with two attached hydrogens (primary N) is 1. The van der Waals surface area contributed by atoms with Crippen LogP contribution in [0.4, 0.5) is 5.69 Å². The monoisotopic (exact) mass is 303 g/mol. The quantitative estimate of drug-likeness (QED) is 0.447. The smallest absolute Gasteiger partial charge is 0.196 e. The lowest BCUT2D eigenvalue weighted by molar-refractivity contribution is 0.0979. The first-order valence-corrected chi connectivity index (χ1v) is 7.75. The molecule has 0 fully saturated rings. The van der Waals surface area contributed by atoms with E-state index in [1.54, 1.807) is 36.4 Å². The first kappa shape index (κ1) is 15.1. The van der Waals surface area contributed by atoms with Gasteiger partial charge in [-0.15, -0.1) is 0 Å². The van der Waals surface area contributed by atoms with E-state index in [4.69, 9.17) is 5.73 Å². The average molecular weight is 303 g/mol. The number of hydrogen-bond donors (Lipinski definition) is 1. The highest BCUT2D eigenvalue weighted by molar-refractivity contribution is 6.30. The van der Waals surface area contributed by atoms with Crippen molar-refractivity contribution in [3.05, 3.63) is 64.2 Å². The van der Waals surface area contributed by atoms with E-state index < -0.39 is 0 Å². The van der Waals surface area contributed by atoms with Gasteiger partial charge in [0.05, 0.1) is 11.3 Å². The molecular weight excluding hydrogens is 286 g/mol. The third-order valence-corrected chi connectivity index (χ3v) is 4.01. The Hall–Kier alpha value is -2.86. The third kappa shape index (κ3) is 2.53. The van der Waals surface area contributed by atoms with Gasteiger partial charge < -0.3 is 5.73 Å². The van der Waals surface area contributed by atoms with Crippen molar-refractivity contribution in [2.75, 3.05) is 5.73 Å². The topological polar surface area (TPSA) is 60.2 Å². The normalized spacial score (nSPS) is 12.2. The molecule has 0 amide bonds. The highest BCUT2D eigenvalue weighted by Crippen LogP contribution is 2.32. The van der Waals surface area contributed by atoms with Crippen LogP contribution >= 0.6 is 0 Å². The molecule has 2 aromatic carbocycles. The minimum absolute atomic E-state index is 0.160. The van der Waals surface area contributed by atoms with Crippen molar-refractivity contribution >= 4 is 17.3 Å². The Morgan fingerprint density at radius 2 is 1.65 bits per heavy atom. The Kier molecular flexibility index (Phi) is 3.99. The fraction of sp³-hybridized carbons (Fsp3) is 0.200. The van der Waals surface area contributed by atoms with Gasteiger partial charge in [0.15, 0.2) is 11.6 Å². The van der Waals surface area contributed by atoms with Crippen molar-refractivity contribution in [1.29, 1.82) is 0 Å². The van der Waals surface area contributed by atoms with Gasteiger partial charge in [-0.3, -0.25) is 9.59 Å². The van der Waals surface area contributed by atoms with E-state index in [1.165, 1.54) is 0 Å². The number of anilines is 1. The maximum Gasteiger partial charge on any atom is 0.196 e. The minimum atomic E-state index is -0.204. The molecule has 0 saturated carbocycles. The van der Waals surface area contributed by atoms with E-state index in [2.05, 4.69) is 18.8 Å². The van der Waals surface area contributed by atoms with Crippen LogP contribution in [0, 0.1) is 11.8 Å². The Bertz CT molecular complexity index is 869. The van der Waals surface area contributed by atoms with Crippen molar-refractivity contribution < 1.29 is 9.59 Å². The Labute approximate surface area is 135 Å². The SMILES string of the molecule is CCCCC#Cc1ccc2c(c1N)C(=O)c1ccccc1C2=O. The summed E-state index contributed by atoms with van der Waals surface area (Å²) >= 11 is 0. The van der Waals surface area contributed by atoms with Gasteiger partial charge >= 0.3 is 0 Å². The second-order valence-electron chi connectivity index (χ2n) is 5.56. The Morgan fingerprint density at radius 3 is 2.35 bits per heavy atom. The lowest BCUT2D eigenvalue weighted by Gasteiger charge is -2.19. The molecule has 1 aliphatic carbocycles. The van der Waals surface area contributed by atoms with Crippen LogP contribution in [0.2, 0.25) is 0 Å². The standard InChI is InChI=1S/C20H17NO2/c1-2-3-4-5-8-13-11-12-16-17(18(13)21)20(23)15-10-7-6-9-14(15)19(16)22/h6-7,9-12H,2-4,21H2,1H3. The zero-order valence-corrected chi connectivity index (χ0v) is 13.0. The fourth-order valence-electron chi connectivity index (χ4n) is 2.74. The van der Waals surface area contributed by atoms with Gasteiger partial charge in [0.25, 0.3) is 0 Å². The molecule has 0 atom stereocenters. The molecule has 1 aliphatic rings. The molecule has 0 radical (unpaired) electrons. The zero-order valence-electron chi connectivity index (χ0n) is 13.0. The number of rotatable bonds is 2. The summed E-state index contributed by atoms with van der Waals surface area (Å²) in [5.74, 6) is 5.72. The molecule has 3 nitrogen and oxygen atoms in total. The highest BCUT2D eigenvalue weighted by Gasteiger charge is 2.31. The molecule has 3 rings (SSSR count). The summed E-state index contributed by atoms with van der Waals surface area (Å²) in [5, 5.41) is 0. The third-order valence-electron chi connectivity index (χ3n) is 4.01. The number of hydrogen-bond acceptors (Lipinski definition) is 3. The van der Waals surface area contributed by atoms with E-state index in [0.29, 0.717) is 27.9 Å². The second kappa shape index (κ2) is 6.10. The minimum Gasteiger partial charge on any atom is -0.397 e. The molecule has 23 heavy (non-hydrogen) atoms. The molecule has 0 spiro atoms. The van der Waals surface area contributed by atoms with Gasteiger partial charge in [-0.05, 0) is 18.6 Å². The van der Waals surface area contributed by atoms with E-state index in [9.17, 15) is 9.59 Å². The summed E-state index contributed by atoms with van der Waals surface area (Å²) in [5.41, 5.74) is 8.57. The van der Waals surface area contributed by atoms with Crippen LogP contribution in [0.15, 0.2) is 36.4 Å². The van der Waals surface area contributed by atoms with Crippen molar-refractivity contribution in [2.24, 2.45) is 0 Å². The summed E-state index contributed by atoms with van der Waals surface area (Å²) in [4.78, 5) is 25.3. The molecule has 0 aliphatic heterocycles. The van der Waals surface area contributed by atoms with Gasteiger partial charge in [0, 0.05) is 28.7 Å². The summed E-state index contributed by atoms with van der Waals surface area (Å²) in [6.45, 7) is 2.11. The fourth-order valence-corrected chi connectivity index (χ4v) is 2.74. The average Bonchev–Trinajstić information content (AvgIpc) is 2.57. The van der Waals surface area contributed by atoms with Gasteiger partial charge in [-0.1, -0.05) is 49.5 Å². The van der Waals surface area contributed by atoms with Crippen LogP contribution < -0.4 is 5.73 Å². The number of carbonyl (C=O) groups excluding carboxylic acids is 2. The highest BCUT2D eigenvalue weighted by atomic mass is 16.1. The molecule has 0 aromatic heterocycles. The van der Waals surface area contributed by atoms with Crippen LogP contribution in [-0.4, -0.2) is 11.6 Å². The first-order chi connectivity index (χ1) is 11.1. The maximum absolute atomic E-state index is 12.7. The number of carbonyl (C=O) groups is 2. The number of unbranched alkanes of at least 4 members (excludes halogenated alkanes) is 2.